The number of carbonyl (C=O) groups is 1. The first kappa shape index (κ1) is 14.3. The molecule has 0 heterocycles. The van der Waals surface area contributed by atoms with Gasteiger partial charge in [0, 0.05) is 0 Å². The van der Waals surface area contributed by atoms with Gasteiger partial charge < -0.3 is 5.11 Å². The maximum absolute atomic E-state index is 13.3. The molecule has 0 aliphatic rings. The van der Waals surface area contributed by atoms with E-state index >= 15 is 0 Å². The van der Waals surface area contributed by atoms with Crippen molar-refractivity contribution in [1.29, 1.82) is 0 Å². The summed E-state index contributed by atoms with van der Waals surface area (Å²) in [7, 11) is 0. The Kier molecular flexibility index (Phi) is 4.51. The summed E-state index contributed by atoms with van der Waals surface area (Å²) in [6.07, 6.45) is 3.26. The summed E-state index contributed by atoms with van der Waals surface area (Å²) in [5.41, 5.74) is 2.47. The van der Waals surface area contributed by atoms with Crippen LogP contribution in [0.5, 0.6) is 0 Å². The molecule has 0 spiro atoms. The number of aromatic carboxylic acids is 1. The van der Waals surface area contributed by atoms with Gasteiger partial charge in [-0.15, -0.1) is 0 Å². The summed E-state index contributed by atoms with van der Waals surface area (Å²) in [4.78, 5) is 11.2. The molecular weight excluding hydrogens is 255 g/mol. The topological polar surface area (TPSA) is 37.3 Å². The van der Waals surface area contributed by atoms with Gasteiger partial charge in [0.25, 0.3) is 0 Å². The maximum Gasteiger partial charge on any atom is 0.336 e. The number of carboxylic acid groups (broad SMARTS) is 1. The molecule has 2 nitrogen and oxygen atoms in total. The van der Waals surface area contributed by atoms with E-state index in [1.165, 1.54) is 23.8 Å². The molecule has 0 saturated carbocycles. The minimum absolute atomic E-state index is 0.118. The van der Waals surface area contributed by atoms with Crippen molar-refractivity contribution in [3.8, 4) is 11.1 Å². The van der Waals surface area contributed by atoms with Crippen molar-refractivity contribution in [3.05, 3.63) is 59.4 Å². The lowest BCUT2D eigenvalue weighted by Gasteiger charge is -2.08. The molecule has 0 saturated heterocycles. The van der Waals surface area contributed by atoms with Crippen LogP contribution in [-0.4, -0.2) is 11.1 Å². The predicted molar refractivity (Wildman–Crippen MR) is 77.4 cm³/mol. The number of rotatable bonds is 5. The first-order chi connectivity index (χ1) is 9.61. The second kappa shape index (κ2) is 6.33. The Morgan fingerprint density at radius 1 is 1.15 bits per heavy atom. The highest BCUT2D eigenvalue weighted by Gasteiger charge is 2.12. The number of hydrogen-bond acceptors (Lipinski definition) is 1. The third-order valence-corrected chi connectivity index (χ3v) is 3.30. The predicted octanol–water partition coefficient (Wildman–Crippen LogP) is 4.53. The number of unbranched alkanes of at least 4 members (excludes halogenated alkanes) is 1. The van der Waals surface area contributed by atoms with Crippen molar-refractivity contribution in [3.63, 3.8) is 0 Å². The Bertz CT molecular complexity index is 603. The van der Waals surface area contributed by atoms with Crippen LogP contribution in [0.1, 0.15) is 35.7 Å². The summed E-state index contributed by atoms with van der Waals surface area (Å²) in [6.45, 7) is 2.14. The lowest BCUT2D eigenvalue weighted by atomic mass is 9.97. The lowest BCUT2D eigenvalue weighted by Crippen LogP contribution is -2.00. The van der Waals surface area contributed by atoms with Gasteiger partial charge in [-0.1, -0.05) is 37.6 Å². The van der Waals surface area contributed by atoms with E-state index in [4.69, 9.17) is 5.11 Å². The van der Waals surface area contributed by atoms with Crippen LogP contribution in [0.3, 0.4) is 0 Å². The Labute approximate surface area is 117 Å². The second-order valence-corrected chi connectivity index (χ2v) is 4.80. The summed E-state index contributed by atoms with van der Waals surface area (Å²) in [5.74, 6) is -1.48. The first-order valence-corrected chi connectivity index (χ1v) is 6.74. The Morgan fingerprint density at radius 2 is 1.85 bits per heavy atom. The highest BCUT2D eigenvalue weighted by molar-refractivity contribution is 5.96. The van der Waals surface area contributed by atoms with Crippen LogP contribution < -0.4 is 0 Å². The Balaban J connectivity index is 2.36. The zero-order valence-corrected chi connectivity index (χ0v) is 11.4. The number of hydrogen-bond donors (Lipinski definition) is 1. The smallest absolute Gasteiger partial charge is 0.336 e. The van der Waals surface area contributed by atoms with Gasteiger partial charge in [-0.25, -0.2) is 9.18 Å². The number of halogens is 1. The summed E-state index contributed by atoms with van der Waals surface area (Å²) < 4.78 is 13.3. The maximum atomic E-state index is 13.3. The molecule has 104 valence electrons. The molecule has 1 N–H and O–H groups in total. The number of benzene rings is 2. The van der Waals surface area contributed by atoms with E-state index in [0.717, 1.165) is 24.8 Å². The fraction of sp³-hybridized carbons (Fsp3) is 0.235. The van der Waals surface area contributed by atoms with E-state index in [1.807, 2.05) is 24.3 Å². The van der Waals surface area contributed by atoms with Crippen LogP contribution in [-0.2, 0) is 6.42 Å². The molecule has 0 radical (unpaired) electrons. The fourth-order valence-corrected chi connectivity index (χ4v) is 2.17. The van der Waals surface area contributed by atoms with E-state index in [1.54, 1.807) is 0 Å². The minimum atomic E-state index is -1.05. The van der Waals surface area contributed by atoms with E-state index in [0.29, 0.717) is 5.56 Å². The zero-order valence-electron chi connectivity index (χ0n) is 11.4. The molecule has 3 heteroatoms. The molecule has 0 unspecified atom stereocenters. The first-order valence-electron chi connectivity index (χ1n) is 6.74. The van der Waals surface area contributed by atoms with Gasteiger partial charge in [-0.05, 0) is 47.7 Å². The molecule has 2 aromatic rings. The quantitative estimate of drug-likeness (QED) is 0.868. The Morgan fingerprint density at radius 3 is 2.45 bits per heavy atom. The van der Waals surface area contributed by atoms with Gasteiger partial charge in [-0.2, -0.15) is 0 Å². The molecule has 0 aliphatic heterocycles. The third kappa shape index (κ3) is 3.23. The fourth-order valence-electron chi connectivity index (χ4n) is 2.17. The largest absolute Gasteiger partial charge is 0.478 e. The van der Waals surface area contributed by atoms with Crippen LogP contribution >= 0.6 is 0 Å². The molecule has 2 rings (SSSR count). The summed E-state index contributed by atoms with van der Waals surface area (Å²) in [6, 6.07) is 11.4. The van der Waals surface area contributed by atoms with Crippen molar-refractivity contribution in [2.24, 2.45) is 0 Å². The van der Waals surface area contributed by atoms with E-state index < -0.39 is 11.8 Å². The molecule has 0 fully saturated rings. The number of aryl methyl sites for hydroxylation is 1. The standard InChI is InChI=1S/C17H17FO2/c1-2-3-4-12-5-7-13(8-6-12)16-11-14(18)9-10-15(16)17(19)20/h5-11H,2-4H2,1H3,(H,19,20). The molecule has 0 atom stereocenters. The number of carboxylic acids is 1. The van der Waals surface area contributed by atoms with Crippen LogP contribution in [0.4, 0.5) is 4.39 Å². The van der Waals surface area contributed by atoms with Gasteiger partial charge in [0.05, 0.1) is 5.56 Å². The lowest BCUT2D eigenvalue weighted by molar-refractivity contribution is 0.0697. The van der Waals surface area contributed by atoms with Crippen molar-refractivity contribution >= 4 is 5.97 Å². The van der Waals surface area contributed by atoms with Gasteiger partial charge in [0.2, 0.25) is 0 Å². The summed E-state index contributed by atoms with van der Waals surface area (Å²) in [5, 5.41) is 9.17. The van der Waals surface area contributed by atoms with Crippen molar-refractivity contribution < 1.29 is 14.3 Å². The van der Waals surface area contributed by atoms with E-state index in [-0.39, 0.29) is 5.56 Å². The van der Waals surface area contributed by atoms with Crippen molar-refractivity contribution in [2.75, 3.05) is 0 Å². The highest BCUT2D eigenvalue weighted by atomic mass is 19.1. The molecular formula is C17H17FO2. The van der Waals surface area contributed by atoms with Crippen molar-refractivity contribution in [1.82, 2.24) is 0 Å². The van der Waals surface area contributed by atoms with Gasteiger partial charge >= 0.3 is 5.97 Å². The minimum Gasteiger partial charge on any atom is -0.478 e. The molecule has 0 bridgehead atoms. The molecule has 0 aromatic heterocycles. The van der Waals surface area contributed by atoms with Crippen LogP contribution in [0.15, 0.2) is 42.5 Å². The van der Waals surface area contributed by atoms with E-state index in [9.17, 15) is 9.18 Å². The molecule has 20 heavy (non-hydrogen) atoms. The molecule has 0 amide bonds. The summed E-state index contributed by atoms with van der Waals surface area (Å²) >= 11 is 0. The van der Waals surface area contributed by atoms with Gasteiger partial charge in [0.15, 0.2) is 0 Å². The highest BCUT2D eigenvalue weighted by Crippen LogP contribution is 2.25. The zero-order chi connectivity index (χ0) is 14.5. The third-order valence-electron chi connectivity index (χ3n) is 3.30. The monoisotopic (exact) mass is 272 g/mol. The van der Waals surface area contributed by atoms with Crippen molar-refractivity contribution in [2.45, 2.75) is 26.2 Å². The average Bonchev–Trinajstić information content (AvgIpc) is 2.45. The van der Waals surface area contributed by atoms with Gasteiger partial charge in [-0.3, -0.25) is 0 Å². The van der Waals surface area contributed by atoms with Crippen LogP contribution in [0.25, 0.3) is 11.1 Å². The molecule has 2 aromatic carbocycles. The normalized spacial score (nSPS) is 10.5. The van der Waals surface area contributed by atoms with Crippen LogP contribution in [0.2, 0.25) is 0 Å². The molecule has 0 aliphatic carbocycles. The SMILES string of the molecule is CCCCc1ccc(-c2cc(F)ccc2C(=O)O)cc1. The average molecular weight is 272 g/mol. The van der Waals surface area contributed by atoms with Crippen LogP contribution in [0, 0.1) is 5.82 Å². The van der Waals surface area contributed by atoms with Gasteiger partial charge in [0.1, 0.15) is 5.82 Å². The Hall–Kier alpha value is -2.16. The second-order valence-electron chi connectivity index (χ2n) is 4.80. The van der Waals surface area contributed by atoms with E-state index in [2.05, 4.69) is 6.92 Å².